The SMILES string of the molecule is C=CCNC(=O)C(C#N)c1nc2ccccc2nc1N(CCCC)CCCC. The molecule has 0 radical (unpaired) electrons. The van der Waals surface area contributed by atoms with Crippen LogP contribution in [-0.4, -0.2) is 35.5 Å². The molecule has 0 bridgehead atoms. The second kappa shape index (κ2) is 11.0. The summed E-state index contributed by atoms with van der Waals surface area (Å²) in [5.74, 6) is -0.752. The van der Waals surface area contributed by atoms with Crippen molar-refractivity contribution in [1.82, 2.24) is 15.3 Å². The molecule has 6 heteroatoms. The first-order valence-corrected chi connectivity index (χ1v) is 9.96. The molecule has 0 fully saturated rings. The summed E-state index contributed by atoms with van der Waals surface area (Å²) in [7, 11) is 0. The molecule has 0 aliphatic carbocycles. The van der Waals surface area contributed by atoms with Crippen molar-refractivity contribution in [3.05, 3.63) is 42.6 Å². The molecular weight excluding hydrogens is 350 g/mol. The highest BCUT2D eigenvalue weighted by Gasteiger charge is 2.28. The number of fused-ring (bicyclic) bond motifs is 1. The number of hydrogen-bond acceptors (Lipinski definition) is 5. The minimum Gasteiger partial charge on any atom is -0.355 e. The van der Waals surface area contributed by atoms with Gasteiger partial charge < -0.3 is 10.2 Å². The molecule has 2 aromatic rings. The number of nitrogens with zero attached hydrogens (tertiary/aromatic N) is 4. The molecule has 6 nitrogen and oxygen atoms in total. The Morgan fingerprint density at radius 1 is 1.21 bits per heavy atom. The third-order valence-electron chi connectivity index (χ3n) is 4.53. The maximum absolute atomic E-state index is 12.6. The fraction of sp³-hybridized carbons (Fsp3) is 0.455. The zero-order chi connectivity index (χ0) is 20.4. The number of carbonyl (C=O) groups is 1. The zero-order valence-electron chi connectivity index (χ0n) is 16.8. The van der Waals surface area contributed by atoms with Gasteiger partial charge in [-0.25, -0.2) is 9.97 Å². The third kappa shape index (κ3) is 5.29. The largest absolute Gasteiger partial charge is 0.355 e. The van der Waals surface area contributed by atoms with Gasteiger partial charge in [0.2, 0.25) is 5.91 Å². The first kappa shape index (κ1) is 21.4. The maximum Gasteiger partial charge on any atom is 0.243 e. The van der Waals surface area contributed by atoms with E-state index >= 15 is 0 Å². The Morgan fingerprint density at radius 3 is 2.36 bits per heavy atom. The van der Waals surface area contributed by atoms with Gasteiger partial charge in [-0.15, -0.1) is 6.58 Å². The first-order valence-electron chi connectivity index (χ1n) is 9.96. The molecule has 0 aliphatic rings. The second-order valence-electron chi connectivity index (χ2n) is 6.71. The van der Waals surface area contributed by atoms with Crippen molar-refractivity contribution >= 4 is 22.8 Å². The molecule has 28 heavy (non-hydrogen) atoms. The summed E-state index contributed by atoms with van der Waals surface area (Å²) < 4.78 is 0. The van der Waals surface area contributed by atoms with Crippen LogP contribution in [0.3, 0.4) is 0 Å². The van der Waals surface area contributed by atoms with E-state index in [4.69, 9.17) is 9.97 Å². The number of nitrogens with one attached hydrogen (secondary N) is 1. The van der Waals surface area contributed by atoms with Gasteiger partial charge in [-0.1, -0.05) is 44.9 Å². The Balaban J connectivity index is 2.56. The van der Waals surface area contributed by atoms with E-state index in [1.807, 2.05) is 24.3 Å². The summed E-state index contributed by atoms with van der Waals surface area (Å²) >= 11 is 0. The highest BCUT2D eigenvalue weighted by atomic mass is 16.1. The molecule has 0 saturated carbocycles. The summed E-state index contributed by atoms with van der Waals surface area (Å²) in [6.07, 6.45) is 5.73. The monoisotopic (exact) mass is 379 g/mol. The number of anilines is 1. The lowest BCUT2D eigenvalue weighted by atomic mass is 10.0. The van der Waals surface area contributed by atoms with Gasteiger partial charge in [0.1, 0.15) is 5.69 Å². The van der Waals surface area contributed by atoms with Gasteiger partial charge in [0.15, 0.2) is 11.7 Å². The maximum atomic E-state index is 12.6. The fourth-order valence-corrected chi connectivity index (χ4v) is 2.97. The molecule has 1 amide bonds. The fourth-order valence-electron chi connectivity index (χ4n) is 2.97. The summed E-state index contributed by atoms with van der Waals surface area (Å²) in [5, 5.41) is 12.5. The van der Waals surface area contributed by atoms with Gasteiger partial charge in [0, 0.05) is 19.6 Å². The standard InChI is InChI=1S/C22H29N5O/c1-4-7-14-27(15-8-5-2)21-20(17(16-23)22(28)24-13-6-3)25-18-11-9-10-12-19(18)26-21/h6,9-12,17H,3-5,7-8,13-15H2,1-2H3,(H,24,28). The van der Waals surface area contributed by atoms with Gasteiger partial charge >= 0.3 is 0 Å². The van der Waals surface area contributed by atoms with Crippen molar-refractivity contribution in [2.75, 3.05) is 24.5 Å². The number of rotatable bonds is 11. The molecule has 148 valence electrons. The lowest BCUT2D eigenvalue weighted by molar-refractivity contribution is -0.121. The number of amides is 1. The highest BCUT2D eigenvalue weighted by Crippen LogP contribution is 2.28. The smallest absolute Gasteiger partial charge is 0.243 e. The Bertz CT molecular complexity index is 834. The lowest BCUT2D eigenvalue weighted by Crippen LogP contribution is -2.33. The molecule has 1 unspecified atom stereocenters. The Labute approximate surface area is 167 Å². The molecule has 1 heterocycles. The summed E-state index contributed by atoms with van der Waals surface area (Å²) in [6, 6.07) is 9.69. The summed E-state index contributed by atoms with van der Waals surface area (Å²) in [5.41, 5.74) is 1.88. The molecule has 2 rings (SSSR count). The van der Waals surface area contributed by atoms with Crippen molar-refractivity contribution < 1.29 is 4.79 Å². The third-order valence-corrected chi connectivity index (χ3v) is 4.53. The second-order valence-corrected chi connectivity index (χ2v) is 6.71. The van der Waals surface area contributed by atoms with E-state index < -0.39 is 5.92 Å². The van der Waals surface area contributed by atoms with Crippen LogP contribution in [-0.2, 0) is 4.79 Å². The normalized spacial score (nSPS) is 11.6. The zero-order valence-corrected chi connectivity index (χ0v) is 16.8. The van der Waals surface area contributed by atoms with Gasteiger partial charge in [-0.05, 0) is 25.0 Å². The number of para-hydroxylation sites is 2. The van der Waals surface area contributed by atoms with E-state index in [0.717, 1.165) is 44.3 Å². The molecule has 1 atom stereocenters. The predicted molar refractivity (Wildman–Crippen MR) is 113 cm³/mol. The molecule has 0 aliphatic heterocycles. The van der Waals surface area contributed by atoms with Crippen LogP contribution in [0, 0.1) is 11.3 Å². The first-order chi connectivity index (χ1) is 13.7. The number of carbonyl (C=O) groups excluding carboxylic acids is 1. The van der Waals surface area contributed by atoms with Gasteiger partial charge in [-0.2, -0.15) is 5.26 Å². The average molecular weight is 380 g/mol. The molecule has 0 spiro atoms. The van der Waals surface area contributed by atoms with E-state index in [0.29, 0.717) is 23.6 Å². The van der Waals surface area contributed by atoms with Crippen LogP contribution in [0.15, 0.2) is 36.9 Å². The Kier molecular flexibility index (Phi) is 8.41. The van der Waals surface area contributed by atoms with E-state index in [9.17, 15) is 10.1 Å². The topological polar surface area (TPSA) is 81.9 Å². The van der Waals surface area contributed by atoms with Crippen LogP contribution in [0.4, 0.5) is 5.82 Å². The average Bonchev–Trinajstić information content (AvgIpc) is 2.72. The van der Waals surface area contributed by atoms with Crippen LogP contribution in [0.2, 0.25) is 0 Å². The van der Waals surface area contributed by atoms with E-state index in [1.165, 1.54) is 0 Å². The molecular formula is C22H29N5O. The summed E-state index contributed by atoms with van der Waals surface area (Å²) in [6.45, 7) is 9.85. The number of nitriles is 1. The molecule has 1 N–H and O–H groups in total. The van der Waals surface area contributed by atoms with Gasteiger partial charge in [0.05, 0.1) is 17.1 Å². The van der Waals surface area contributed by atoms with E-state index in [-0.39, 0.29) is 5.91 Å². The van der Waals surface area contributed by atoms with E-state index in [1.54, 1.807) is 6.08 Å². The lowest BCUT2D eigenvalue weighted by Gasteiger charge is -2.26. The number of hydrogen-bond donors (Lipinski definition) is 1. The summed E-state index contributed by atoms with van der Waals surface area (Å²) in [4.78, 5) is 24.3. The van der Waals surface area contributed by atoms with Crippen molar-refractivity contribution in [2.24, 2.45) is 0 Å². The minimum atomic E-state index is -1.02. The van der Waals surface area contributed by atoms with Crippen molar-refractivity contribution in [3.63, 3.8) is 0 Å². The number of unbranched alkanes of at least 4 members (excludes halogenated alkanes) is 2. The minimum absolute atomic E-state index is 0.308. The van der Waals surface area contributed by atoms with Crippen molar-refractivity contribution in [1.29, 1.82) is 5.26 Å². The number of benzene rings is 1. The van der Waals surface area contributed by atoms with Crippen LogP contribution in [0.1, 0.15) is 51.1 Å². The molecule has 0 saturated heterocycles. The number of aromatic nitrogens is 2. The predicted octanol–water partition coefficient (Wildman–Crippen LogP) is 3.95. The van der Waals surface area contributed by atoms with Crippen LogP contribution in [0.5, 0.6) is 0 Å². The van der Waals surface area contributed by atoms with Gasteiger partial charge in [-0.3, -0.25) is 4.79 Å². The van der Waals surface area contributed by atoms with Crippen molar-refractivity contribution in [2.45, 2.75) is 45.4 Å². The quantitative estimate of drug-likeness (QED) is 0.598. The molecule has 1 aromatic heterocycles. The van der Waals surface area contributed by atoms with Crippen LogP contribution >= 0.6 is 0 Å². The Hall–Kier alpha value is -2.94. The van der Waals surface area contributed by atoms with Crippen LogP contribution < -0.4 is 10.2 Å². The van der Waals surface area contributed by atoms with Gasteiger partial charge in [0.25, 0.3) is 0 Å². The highest BCUT2D eigenvalue weighted by molar-refractivity contribution is 5.88. The van der Waals surface area contributed by atoms with E-state index in [2.05, 4.69) is 36.7 Å². The van der Waals surface area contributed by atoms with Crippen molar-refractivity contribution in [3.8, 4) is 6.07 Å². The Morgan fingerprint density at radius 2 is 1.82 bits per heavy atom. The van der Waals surface area contributed by atoms with Crippen LogP contribution in [0.25, 0.3) is 11.0 Å². The molecule has 1 aromatic carbocycles.